The number of methoxy groups -OCH3 is 1. The van der Waals surface area contributed by atoms with Crippen LogP contribution in [0.5, 0.6) is 5.75 Å². The molecule has 162 valence electrons. The van der Waals surface area contributed by atoms with Crippen molar-refractivity contribution >= 4 is 5.69 Å². The zero-order chi connectivity index (χ0) is 21.5. The molecule has 0 atom stereocenters. The molecule has 0 radical (unpaired) electrons. The summed E-state index contributed by atoms with van der Waals surface area (Å²) >= 11 is 0. The number of para-hydroxylation sites is 2. The van der Waals surface area contributed by atoms with Crippen LogP contribution in [-0.2, 0) is 6.54 Å². The van der Waals surface area contributed by atoms with E-state index in [4.69, 9.17) is 4.74 Å². The molecule has 0 aliphatic carbocycles. The summed E-state index contributed by atoms with van der Waals surface area (Å²) in [6, 6.07) is 22.1. The van der Waals surface area contributed by atoms with Gasteiger partial charge in [0.2, 0.25) is 0 Å². The number of rotatable bonds is 8. The van der Waals surface area contributed by atoms with Gasteiger partial charge >= 0.3 is 0 Å². The Kier molecular flexibility index (Phi) is 7.05. The Morgan fingerprint density at radius 1 is 0.806 bits per heavy atom. The van der Waals surface area contributed by atoms with Crippen LogP contribution in [0.2, 0.25) is 0 Å². The van der Waals surface area contributed by atoms with Crippen LogP contribution in [0.1, 0.15) is 12.8 Å². The molecule has 1 fully saturated rings. The van der Waals surface area contributed by atoms with Gasteiger partial charge in [-0.2, -0.15) is 0 Å². The lowest BCUT2D eigenvalue weighted by atomic mass is 10.1. The lowest BCUT2D eigenvalue weighted by Gasteiger charge is -2.36. The summed E-state index contributed by atoms with van der Waals surface area (Å²) in [5.41, 5.74) is 3.32. The molecule has 0 spiro atoms. The quantitative estimate of drug-likeness (QED) is 0.517. The van der Waals surface area contributed by atoms with Gasteiger partial charge < -0.3 is 14.2 Å². The van der Waals surface area contributed by atoms with Gasteiger partial charge in [-0.25, -0.2) is 0 Å². The normalized spacial score (nSPS) is 14.5. The molecule has 0 unspecified atom stereocenters. The molecule has 3 aromatic rings. The van der Waals surface area contributed by atoms with Gasteiger partial charge in [-0.05, 0) is 48.7 Å². The molecule has 0 saturated carbocycles. The Bertz CT molecular complexity index is 1020. The van der Waals surface area contributed by atoms with Crippen molar-refractivity contribution in [2.75, 3.05) is 44.7 Å². The van der Waals surface area contributed by atoms with Gasteiger partial charge in [0.25, 0.3) is 5.56 Å². The molecule has 0 N–H and O–H groups in total. The maximum atomic E-state index is 12.5. The zero-order valence-electron chi connectivity index (χ0n) is 18.2. The van der Waals surface area contributed by atoms with E-state index in [1.54, 1.807) is 13.2 Å². The number of aromatic nitrogens is 1. The van der Waals surface area contributed by atoms with E-state index in [2.05, 4.69) is 21.9 Å². The third kappa shape index (κ3) is 5.36. The number of benzene rings is 2. The van der Waals surface area contributed by atoms with E-state index in [1.165, 1.54) is 5.69 Å². The predicted molar refractivity (Wildman–Crippen MR) is 127 cm³/mol. The summed E-state index contributed by atoms with van der Waals surface area (Å²) in [5, 5.41) is 0. The molecule has 0 amide bonds. The van der Waals surface area contributed by atoms with Crippen LogP contribution < -0.4 is 15.2 Å². The summed E-state index contributed by atoms with van der Waals surface area (Å²) < 4.78 is 7.33. The lowest BCUT2D eigenvalue weighted by molar-refractivity contribution is 0.250. The minimum atomic E-state index is 0.0757. The van der Waals surface area contributed by atoms with E-state index < -0.39 is 0 Å². The first kappa shape index (κ1) is 21.2. The first-order valence-corrected chi connectivity index (χ1v) is 11.1. The minimum Gasteiger partial charge on any atom is -0.495 e. The second-order valence-corrected chi connectivity index (χ2v) is 8.02. The summed E-state index contributed by atoms with van der Waals surface area (Å²) in [7, 11) is 1.73. The van der Waals surface area contributed by atoms with Gasteiger partial charge in [0.15, 0.2) is 0 Å². The minimum absolute atomic E-state index is 0.0757. The Morgan fingerprint density at radius 2 is 1.52 bits per heavy atom. The highest BCUT2D eigenvalue weighted by Crippen LogP contribution is 2.28. The molecule has 2 heterocycles. The van der Waals surface area contributed by atoms with Crippen molar-refractivity contribution in [3.05, 3.63) is 83.3 Å². The fourth-order valence-corrected chi connectivity index (χ4v) is 4.22. The van der Waals surface area contributed by atoms with Crippen LogP contribution in [0.15, 0.2) is 77.7 Å². The first-order chi connectivity index (χ1) is 15.2. The van der Waals surface area contributed by atoms with Gasteiger partial charge in [-0.1, -0.05) is 42.5 Å². The molecular formula is C26H31N3O2. The van der Waals surface area contributed by atoms with Gasteiger partial charge in [-0.15, -0.1) is 0 Å². The number of unbranched alkanes of at least 4 members (excludes halogenated alkanes) is 1. The molecule has 4 rings (SSSR count). The molecule has 5 nitrogen and oxygen atoms in total. The van der Waals surface area contributed by atoms with Crippen molar-refractivity contribution in [3.63, 3.8) is 0 Å². The van der Waals surface area contributed by atoms with E-state index >= 15 is 0 Å². The number of anilines is 1. The van der Waals surface area contributed by atoms with Crippen molar-refractivity contribution < 1.29 is 4.74 Å². The number of aryl methyl sites for hydroxylation is 1. The van der Waals surface area contributed by atoms with Gasteiger partial charge in [0.1, 0.15) is 5.75 Å². The molecule has 2 aromatic carbocycles. The topological polar surface area (TPSA) is 37.7 Å². The molecule has 5 heteroatoms. The number of ether oxygens (including phenoxy) is 1. The SMILES string of the molecule is COc1ccccc1N1CCN(CCCCn2ccc(-c3ccccc3)cc2=O)CC1. The molecule has 0 bridgehead atoms. The van der Waals surface area contributed by atoms with E-state index in [9.17, 15) is 4.79 Å². The van der Waals surface area contributed by atoms with Crippen LogP contribution >= 0.6 is 0 Å². The summed E-state index contributed by atoms with van der Waals surface area (Å²) in [4.78, 5) is 17.4. The molecule has 1 aliphatic rings. The Balaban J connectivity index is 1.22. The van der Waals surface area contributed by atoms with Crippen LogP contribution in [0.25, 0.3) is 11.1 Å². The van der Waals surface area contributed by atoms with Gasteiger partial charge in [-0.3, -0.25) is 9.69 Å². The predicted octanol–water partition coefficient (Wildman–Crippen LogP) is 4.13. The van der Waals surface area contributed by atoms with Crippen molar-refractivity contribution in [3.8, 4) is 16.9 Å². The number of nitrogens with zero attached hydrogens (tertiary/aromatic N) is 3. The van der Waals surface area contributed by atoms with Crippen molar-refractivity contribution in [1.29, 1.82) is 0 Å². The molecule has 1 aromatic heterocycles. The van der Waals surface area contributed by atoms with E-state index in [0.29, 0.717) is 0 Å². The highest BCUT2D eigenvalue weighted by atomic mass is 16.5. The van der Waals surface area contributed by atoms with E-state index in [1.807, 2.05) is 59.3 Å². The van der Waals surface area contributed by atoms with Crippen LogP contribution in [-0.4, -0.2) is 49.3 Å². The highest BCUT2D eigenvalue weighted by Gasteiger charge is 2.19. The van der Waals surface area contributed by atoms with Crippen LogP contribution in [0.4, 0.5) is 5.69 Å². The fourth-order valence-electron chi connectivity index (χ4n) is 4.22. The number of hydrogen-bond acceptors (Lipinski definition) is 4. The van der Waals surface area contributed by atoms with Crippen molar-refractivity contribution in [1.82, 2.24) is 9.47 Å². The number of pyridine rings is 1. The Labute approximate surface area is 184 Å². The standard InChI is InChI=1S/C26H31N3O2/c1-31-25-12-6-5-11-24(25)28-19-17-27(18-20-28)14-7-8-15-29-16-13-23(21-26(29)30)22-9-3-2-4-10-22/h2-6,9-13,16,21H,7-8,14-15,17-20H2,1H3. The summed E-state index contributed by atoms with van der Waals surface area (Å²) in [6.45, 7) is 6.00. The zero-order valence-corrected chi connectivity index (χ0v) is 18.2. The second-order valence-electron chi connectivity index (χ2n) is 8.02. The van der Waals surface area contributed by atoms with Crippen LogP contribution in [0.3, 0.4) is 0 Å². The fraction of sp³-hybridized carbons (Fsp3) is 0.346. The Hall–Kier alpha value is -3.05. The molecule has 1 saturated heterocycles. The number of hydrogen-bond donors (Lipinski definition) is 0. The smallest absolute Gasteiger partial charge is 0.251 e. The summed E-state index contributed by atoms with van der Waals surface area (Å²) in [5.74, 6) is 0.944. The average Bonchev–Trinajstić information content (AvgIpc) is 2.83. The molecular weight excluding hydrogens is 386 g/mol. The van der Waals surface area contributed by atoms with E-state index in [-0.39, 0.29) is 5.56 Å². The van der Waals surface area contributed by atoms with E-state index in [0.717, 1.165) is 69.0 Å². The first-order valence-electron chi connectivity index (χ1n) is 11.1. The maximum Gasteiger partial charge on any atom is 0.251 e. The molecule has 1 aliphatic heterocycles. The van der Waals surface area contributed by atoms with Crippen molar-refractivity contribution in [2.45, 2.75) is 19.4 Å². The third-order valence-electron chi connectivity index (χ3n) is 6.02. The maximum absolute atomic E-state index is 12.5. The van der Waals surface area contributed by atoms with Crippen molar-refractivity contribution in [2.24, 2.45) is 0 Å². The third-order valence-corrected chi connectivity index (χ3v) is 6.02. The highest BCUT2D eigenvalue weighted by molar-refractivity contribution is 5.62. The van der Waals surface area contributed by atoms with Gasteiger partial charge in [0.05, 0.1) is 12.8 Å². The number of piperazine rings is 1. The van der Waals surface area contributed by atoms with Gasteiger partial charge in [0, 0.05) is 45.0 Å². The van der Waals surface area contributed by atoms with Crippen LogP contribution in [0, 0.1) is 0 Å². The lowest BCUT2D eigenvalue weighted by Crippen LogP contribution is -2.46. The monoisotopic (exact) mass is 417 g/mol. The Morgan fingerprint density at radius 3 is 2.26 bits per heavy atom. The molecule has 31 heavy (non-hydrogen) atoms. The second kappa shape index (κ2) is 10.3. The average molecular weight is 418 g/mol. The largest absolute Gasteiger partial charge is 0.495 e. The summed E-state index contributed by atoms with van der Waals surface area (Å²) in [6.07, 6.45) is 4.04.